The van der Waals surface area contributed by atoms with Crippen molar-refractivity contribution in [1.82, 2.24) is 0 Å². The zero-order valence-electron chi connectivity index (χ0n) is 9.77. The average molecular weight is 238 g/mol. The van der Waals surface area contributed by atoms with E-state index in [0.717, 1.165) is 11.3 Å². The first kappa shape index (κ1) is 13.1. The molecule has 88 valence electrons. The van der Waals surface area contributed by atoms with Crippen molar-refractivity contribution in [3.63, 3.8) is 0 Å². The lowest BCUT2D eigenvalue weighted by molar-refractivity contribution is -0.136. The van der Waals surface area contributed by atoms with Crippen molar-refractivity contribution < 1.29 is 9.90 Å². The van der Waals surface area contributed by atoms with E-state index in [2.05, 4.69) is 38.1 Å². The second-order valence-corrected chi connectivity index (χ2v) is 5.40. The molecule has 0 spiro atoms. The Hall–Kier alpha value is -0.960. The number of thioether (sulfide) groups is 1. The van der Waals surface area contributed by atoms with Crippen molar-refractivity contribution in [3.8, 4) is 0 Å². The third-order valence-corrected chi connectivity index (χ3v) is 3.17. The minimum absolute atomic E-state index is 0.221. The lowest BCUT2D eigenvalue weighted by Gasteiger charge is -2.05. The highest BCUT2D eigenvalue weighted by atomic mass is 32.2. The summed E-state index contributed by atoms with van der Waals surface area (Å²) >= 11 is 1.60. The van der Waals surface area contributed by atoms with E-state index in [1.165, 1.54) is 5.56 Å². The topological polar surface area (TPSA) is 37.3 Å². The van der Waals surface area contributed by atoms with Gasteiger partial charge in [-0.25, -0.2) is 0 Å². The molecule has 3 heteroatoms. The predicted octanol–water partition coefficient (Wildman–Crippen LogP) is 3.45. The number of hydrogen-bond acceptors (Lipinski definition) is 2. The SMILES string of the molecule is CC(C)Cc1ccc(SCCC(=O)O)cc1. The largest absolute Gasteiger partial charge is 0.481 e. The molecule has 0 fully saturated rings. The number of hydrogen-bond donors (Lipinski definition) is 1. The lowest BCUT2D eigenvalue weighted by Crippen LogP contribution is -1.96. The van der Waals surface area contributed by atoms with Gasteiger partial charge in [-0.2, -0.15) is 0 Å². The van der Waals surface area contributed by atoms with Crippen LogP contribution in [-0.2, 0) is 11.2 Å². The molecule has 1 rings (SSSR count). The van der Waals surface area contributed by atoms with Gasteiger partial charge in [0.2, 0.25) is 0 Å². The summed E-state index contributed by atoms with van der Waals surface area (Å²) in [5.74, 6) is 0.577. The Morgan fingerprint density at radius 3 is 2.44 bits per heavy atom. The molecule has 1 aromatic rings. The van der Waals surface area contributed by atoms with Gasteiger partial charge in [0.1, 0.15) is 0 Å². The van der Waals surface area contributed by atoms with Crippen molar-refractivity contribution in [2.45, 2.75) is 31.6 Å². The van der Waals surface area contributed by atoms with E-state index in [4.69, 9.17) is 5.11 Å². The zero-order valence-corrected chi connectivity index (χ0v) is 10.6. The summed E-state index contributed by atoms with van der Waals surface area (Å²) in [6.07, 6.45) is 1.32. The first-order valence-electron chi connectivity index (χ1n) is 5.51. The maximum absolute atomic E-state index is 10.4. The van der Waals surface area contributed by atoms with E-state index < -0.39 is 5.97 Å². The Balaban J connectivity index is 2.42. The van der Waals surface area contributed by atoms with Crippen LogP contribution >= 0.6 is 11.8 Å². The number of carboxylic acid groups (broad SMARTS) is 1. The van der Waals surface area contributed by atoms with Gasteiger partial charge in [0.25, 0.3) is 0 Å². The van der Waals surface area contributed by atoms with Crippen molar-refractivity contribution in [2.24, 2.45) is 5.92 Å². The molecule has 0 atom stereocenters. The van der Waals surface area contributed by atoms with Crippen LogP contribution in [-0.4, -0.2) is 16.8 Å². The van der Waals surface area contributed by atoms with E-state index in [9.17, 15) is 4.79 Å². The molecule has 1 N–H and O–H groups in total. The Labute approximate surface area is 101 Å². The van der Waals surface area contributed by atoms with Crippen molar-refractivity contribution >= 4 is 17.7 Å². The minimum Gasteiger partial charge on any atom is -0.481 e. The van der Waals surface area contributed by atoms with E-state index in [-0.39, 0.29) is 6.42 Å². The standard InChI is InChI=1S/C13H18O2S/c1-10(2)9-11-3-5-12(6-4-11)16-8-7-13(14)15/h3-6,10H,7-9H2,1-2H3,(H,14,15). The van der Waals surface area contributed by atoms with Crippen LogP contribution in [0.1, 0.15) is 25.8 Å². The second kappa shape index (κ2) is 6.59. The zero-order chi connectivity index (χ0) is 12.0. The molecule has 0 aliphatic carbocycles. The summed E-state index contributed by atoms with van der Waals surface area (Å²) in [5, 5.41) is 8.52. The van der Waals surface area contributed by atoms with Gasteiger partial charge >= 0.3 is 5.97 Å². The molecular formula is C13H18O2S. The third-order valence-electron chi connectivity index (χ3n) is 2.15. The van der Waals surface area contributed by atoms with Gasteiger partial charge in [-0.3, -0.25) is 4.79 Å². The summed E-state index contributed by atoms with van der Waals surface area (Å²) in [7, 11) is 0. The van der Waals surface area contributed by atoms with Crippen LogP contribution in [0.3, 0.4) is 0 Å². The van der Waals surface area contributed by atoms with E-state index in [1.807, 2.05) is 0 Å². The number of benzene rings is 1. The van der Waals surface area contributed by atoms with Crippen molar-refractivity contribution in [3.05, 3.63) is 29.8 Å². The van der Waals surface area contributed by atoms with Gasteiger partial charge in [-0.1, -0.05) is 26.0 Å². The fourth-order valence-corrected chi connectivity index (χ4v) is 2.29. The highest BCUT2D eigenvalue weighted by Gasteiger charge is 2.00. The summed E-state index contributed by atoms with van der Waals surface area (Å²) < 4.78 is 0. The number of rotatable bonds is 6. The smallest absolute Gasteiger partial charge is 0.304 e. The van der Waals surface area contributed by atoms with Crippen LogP contribution in [0.25, 0.3) is 0 Å². The van der Waals surface area contributed by atoms with Crippen LogP contribution in [0, 0.1) is 5.92 Å². The van der Waals surface area contributed by atoms with Gasteiger partial charge in [0, 0.05) is 10.6 Å². The maximum Gasteiger partial charge on any atom is 0.304 e. The van der Waals surface area contributed by atoms with E-state index in [0.29, 0.717) is 11.7 Å². The molecule has 0 unspecified atom stereocenters. The molecule has 16 heavy (non-hydrogen) atoms. The summed E-state index contributed by atoms with van der Waals surface area (Å²) in [6.45, 7) is 4.41. The van der Waals surface area contributed by atoms with E-state index in [1.54, 1.807) is 11.8 Å². The fraction of sp³-hybridized carbons (Fsp3) is 0.462. The Morgan fingerprint density at radius 2 is 1.94 bits per heavy atom. The van der Waals surface area contributed by atoms with Crippen LogP contribution in [0.4, 0.5) is 0 Å². The maximum atomic E-state index is 10.4. The van der Waals surface area contributed by atoms with Crippen molar-refractivity contribution in [1.29, 1.82) is 0 Å². The Kier molecular flexibility index (Phi) is 5.39. The summed E-state index contributed by atoms with van der Waals surface area (Å²) in [6, 6.07) is 8.40. The van der Waals surface area contributed by atoms with Crippen LogP contribution in [0.5, 0.6) is 0 Å². The monoisotopic (exact) mass is 238 g/mol. The predicted molar refractivity (Wildman–Crippen MR) is 68.0 cm³/mol. The molecule has 0 heterocycles. The Bertz CT molecular complexity index is 330. The second-order valence-electron chi connectivity index (χ2n) is 4.23. The molecule has 0 saturated heterocycles. The Morgan fingerprint density at radius 1 is 1.31 bits per heavy atom. The fourth-order valence-electron chi connectivity index (χ4n) is 1.45. The number of carboxylic acids is 1. The molecule has 0 amide bonds. The van der Waals surface area contributed by atoms with Gasteiger partial charge in [0.05, 0.1) is 6.42 Å². The first-order chi connectivity index (χ1) is 7.58. The van der Waals surface area contributed by atoms with Crippen LogP contribution in [0.2, 0.25) is 0 Å². The molecule has 0 bridgehead atoms. The summed E-state index contributed by atoms with van der Waals surface area (Å²) in [4.78, 5) is 11.5. The molecule has 0 aliphatic rings. The highest BCUT2D eigenvalue weighted by molar-refractivity contribution is 7.99. The number of carbonyl (C=O) groups is 1. The average Bonchev–Trinajstić information content (AvgIpc) is 2.19. The molecule has 2 nitrogen and oxygen atoms in total. The quantitative estimate of drug-likeness (QED) is 0.771. The molecule has 0 saturated carbocycles. The van der Waals surface area contributed by atoms with Crippen molar-refractivity contribution in [2.75, 3.05) is 5.75 Å². The van der Waals surface area contributed by atoms with Gasteiger partial charge < -0.3 is 5.11 Å². The lowest BCUT2D eigenvalue weighted by atomic mass is 10.0. The molecule has 1 aromatic carbocycles. The molecule has 0 aliphatic heterocycles. The third kappa shape index (κ3) is 5.21. The molecular weight excluding hydrogens is 220 g/mol. The van der Waals surface area contributed by atoms with Crippen LogP contribution < -0.4 is 0 Å². The van der Waals surface area contributed by atoms with Crippen LogP contribution in [0.15, 0.2) is 29.2 Å². The molecule has 0 radical (unpaired) electrons. The number of aliphatic carboxylic acids is 1. The first-order valence-corrected chi connectivity index (χ1v) is 6.50. The normalized spacial score (nSPS) is 10.7. The van der Waals surface area contributed by atoms with Gasteiger partial charge in [0.15, 0.2) is 0 Å². The molecule has 0 aromatic heterocycles. The van der Waals surface area contributed by atoms with Gasteiger partial charge in [-0.05, 0) is 30.0 Å². The highest BCUT2D eigenvalue weighted by Crippen LogP contribution is 2.20. The van der Waals surface area contributed by atoms with E-state index >= 15 is 0 Å². The minimum atomic E-state index is -0.732. The van der Waals surface area contributed by atoms with Gasteiger partial charge in [-0.15, -0.1) is 11.8 Å². The summed E-state index contributed by atoms with van der Waals surface area (Å²) in [5.41, 5.74) is 1.34.